The average molecular weight is 410 g/mol. The lowest BCUT2D eigenvalue weighted by molar-refractivity contribution is -0.123. The number of carbonyl (C=O) groups excluding carboxylic acids is 2. The fourth-order valence-electron chi connectivity index (χ4n) is 2.49. The SMILES string of the molecule is CC(C)C(NC(=O)c1ccc(Cl)cc1)C(=O)NCCc1ccc(N)cc1.Cl. The molecule has 0 aliphatic rings. The predicted molar refractivity (Wildman–Crippen MR) is 112 cm³/mol. The first-order valence-electron chi connectivity index (χ1n) is 8.55. The molecule has 0 spiro atoms. The third kappa shape index (κ3) is 7.12. The third-order valence-electron chi connectivity index (χ3n) is 4.03. The molecule has 0 saturated heterocycles. The number of anilines is 1. The lowest BCUT2D eigenvalue weighted by atomic mass is 10.0. The fourth-order valence-corrected chi connectivity index (χ4v) is 2.61. The van der Waals surface area contributed by atoms with Gasteiger partial charge in [-0.2, -0.15) is 0 Å². The smallest absolute Gasteiger partial charge is 0.251 e. The van der Waals surface area contributed by atoms with Gasteiger partial charge in [-0.25, -0.2) is 0 Å². The monoisotopic (exact) mass is 409 g/mol. The standard InChI is InChI=1S/C20H24ClN3O2.ClH/c1-13(2)18(24-19(25)15-5-7-16(21)8-6-15)20(26)23-12-11-14-3-9-17(22)10-4-14;/h3-10,13,18H,11-12,22H2,1-2H3,(H,23,26)(H,24,25);1H. The molecule has 2 rings (SSSR count). The summed E-state index contributed by atoms with van der Waals surface area (Å²) in [6.45, 7) is 4.28. The molecule has 0 heterocycles. The summed E-state index contributed by atoms with van der Waals surface area (Å²) in [4.78, 5) is 24.8. The van der Waals surface area contributed by atoms with Crippen molar-refractivity contribution in [2.45, 2.75) is 26.3 Å². The van der Waals surface area contributed by atoms with Crippen molar-refractivity contribution in [2.24, 2.45) is 5.92 Å². The van der Waals surface area contributed by atoms with Gasteiger partial charge in [-0.1, -0.05) is 37.6 Å². The van der Waals surface area contributed by atoms with Crippen LogP contribution >= 0.6 is 24.0 Å². The summed E-state index contributed by atoms with van der Waals surface area (Å²) in [5, 5.41) is 6.24. The quantitative estimate of drug-likeness (QED) is 0.612. The number of hydrogen-bond donors (Lipinski definition) is 3. The van der Waals surface area contributed by atoms with Crippen LogP contribution in [0.25, 0.3) is 0 Å². The van der Waals surface area contributed by atoms with Crippen LogP contribution in [-0.4, -0.2) is 24.4 Å². The van der Waals surface area contributed by atoms with Crippen molar-refractivity contribution in [3.63, 3.8) is 0 Å². The molecule has 1 unspecified atom stereocenters. The maximum absolute atomic E-state index is 12.5. The van der Waals surface area contributed by atoms with Crippen LogP contribution in [0, 0.1) is 5.92 Å². The fraction of sp³-hybridized carbons (Fsp3) is 0.300. The molecule has 146 valence electrons. The predicted octanol–water partition coefficient (Wildman–Crippen LogP) is 3.46. The van der Waals surface area contributed by atoms with E-state index in [2.05, 4.69) is 10.6 Å². The average Bonchev–Trinajstić information content (AvgIpc) is 2.61. The summed E-state index contributed by atoms with van der Waals surface area (Å²) in [5.74, 6) is -0.533. The normalized spacial score (nSPS) is 11.4. The van der Waals surface area contributed by atoms with Crippen LogP contribution in [-0.2, 0) is 11.2 Å². The second kappa shape index (κ2) is 10.8. The van der Waals surface area contributed by atoms with E-state index in [1.54, 1.807) is 24.3 Å². The topological polar surface area (TPSA) is 84.2 Å². The van der Waals surface area contributed by atoms with E-state index in [1.807, 2.05) is 38.1 Å². The molecule has 1 atom stereocenters. The number of rotatable bonds is 7. The maximum Gasteiger partial charge on any atom is 0.251 e. The number of hydrogen-bond acceptors (Lipinski definition) is 3. The largest absolute Gasteiger partial charge is 0.399 e. The van der Waals surface area contributed by atoms with Gasteiger partial charge in [-0.05, 0) is 54.3 Å². The van der Waals surface area contributed by atoms with Gasteiger partial charge in [-0.15, -0.1) is 12.4 Å². The second-order valence-corrected chi connectivity index (χ2v) is 6.92. The summed E-state index contributed by atoms with van der Waals surface area (Å²) in [6.07, 6.45) is 0.696. The van der Waals surface area contributed by atoms with Crippen molar-refractivity contribution in [3.05, 3.63) is 64.7 Å². The molecule has 2 aromatic carbocycles. The van der Waals surface area contributed by atoms with E-state index >= 15 is 0 Å². The van der Waals surface area contributed by atoms with Gasteiger partial charge in [0.15, 0.2) is 0 Å². The van der Waals surface area contributed by atoms with Crippen LogP contribution in [0.2, 0.25) is 5.02 Å². The van der Waals surface area contributed by atoms with Crippen molar-refractivity contribution >= 4 is 41.5 Å². The lowest BCUT2D eigenvalue weighted by Crippen LogP contribution is -2.50. The Bertz CT molecular complexity index is 747. The molecule has 0 aliphatic carbocycles. The van der Waals surface area contributed by atoms with Crippen molar-refractivity contribution in [2.75, 3.05) is 12.3 Å². The summed E-state index contributed by atoms with van der Waals surface area (Å²) in [6, 6.07) is 13.5. The van der Waals surface area contributed by atoms with Gasteiger partial charge in [0, 0.05) is 22.8 Å². The van der Waals surface area contributed by atoms with E-state index < -0.39 is 6.04 Å². The van der Waals surface area contributed by atoms with Crippen LogP contribution in [0.1, 0.15) is 29.8 Å². The minimum Gasteiger partial charge on any atom is -0.399 e. The Morgan fingerprint density at radius 2 is 1.63 bits per heavy atom. The molecule has 0 aromatic heterocycles. The van der Waals surface area contributed by atoms with E-state index in [4.69, 9.17) is 17.3 Å². The van der Waals surface area contributed by atoms with E-state index in [-0.39, 0.29) is 30.1 Å². The number of carbonyl (C=O) groups is 2. The first-order valence-corrected chi connectivity index (χ1v) is 8.93. The Balaban J connectivity index is 0.00000364. The highest BCUT2D eigenvalue weighted by Gasteiger charge is 2.24. The van der Waals surface area contributed by atoms with E-state index in [1.165, 1.54) is 0 Å². The molecular weight excluding hydrogens is 385 g/mol. The van der Waals surface area contributed by atoms with E-state index in [0.29, 0.717) is 29.2 Å². The van der Waals surface area contributed by atoms with Crippen molar-refractivity contribution in [3.8, 4) is 0 Å². The number of benzene rings is 2. The number of halogens is 2. The van der Waals surface area contributed by atoms with Crippen LogP contribution in [0.15, 0.2) is 48.5 Å². The molecule has 0 aliphatic heterocycles. The Morgan fingerprint density at radius 1 is 1.04 bits per heavy atom. The van der Waals surface area contributed by atoms with Crippen LogP contribution in [0.5, 0.6) is 0 Å². The Labute approximate surface area is 171 Å². The summed E-state index contributed by atoms with van der Waals surface area (Å²) in [7, 11) is 0. The molecule has 4 N–H and O–H groups in total. The number of nitrogen functional groups attached to an aromatic ring is 1. The summed E-state index contributed by atoms with van der Waals surface area (Å²) >= 11 is 5.84. The van der Waals surface area contributed by atoms with Gasteiger partial charge >= 0.3 is 0 Å². The Hall–Kier alpha value is -2.24. The number of nitrogens with two attached hydrogens (primary N) is 1. The highest BCUT2D eigenvalue weighted by Crippen LogP contribution is 2.11. The highest BCUT2D eigenvalue weighted by molar-refractivity contribution is 6.30. The molecule has 27 heavy (non-hydrogen) atoms. The Morgan fingerprint density at radius 3 is 2.19 bits per heavy atom. The molecule has 7 heteroatoms. The van der Waals surface area contributed by atoms with E-state index in [9.17, 15) is 9.59 Å². The third-order valence-corrected chi connectivity index (χ3v) is 4.29. The van der Waals surface area contributed by atoms with Crippen molar-refractivity contribution < 1.29 is 9.59 Å². The zero-order chi connectivity index (χ0) is 19.1. The molecule has 0 saturated carbocycles. The van der Waals surface area contributed by atoms with Crippen molar-refractivity contribution in [1.29, 1.82) is 0 Å². The first kappa shape index (κ1) is 22.8. The molecule has 2 amide bonds. The van der Waals surface area contributed by atoms with Gasteiger partial charge in [0.25, 0.3) is 5.91 Å². The number of amides is 2. The molecule has 5 nitrogen and oxygen atoms in total. The maximum atomic E-state index is 12.5. The molecule has 0 radical (unpaired) electrons. The second-order valence-electron chi connectivity index (χ2n) is 6.48. The highest BCUT2D eigenvalue weighted by atomic mass is 35.5. The van der Waals surface area contributed by atoms with Gasteiger partial charge in [0.1, 0.15) is 6.04 Å². The van der Waals surface area contributed by atoms with Crippen molar-refractivity contribution in [1.82, 2.24) is 10.6 Å². The van der Waals surface area contributed by atoms with Gasteiger partial charge in [0.2, 0.25) is 5.91 Å². The zero-order valence-electron chi connectivity index (χ0n) is 15.4. The molecule has 2 aromatic rings. The molecular formula is C20H25Cl2N3O2. The van der Waals surface area contributed by atoms with Gasteiger partial charge in [0.05, 0.1) is 0 Å². The minimum atomic E-state index is -0.607. The van der Waals surface area contributed by atoms with Gasteiger partial charge < -0.3 is 16.4 Å². The summed E-state index contributed by atoms with van der Waals surface area (Å²) < 4.78 is 0. The van der Waals surface area contributed by atoms with Crippen LogP contribution in [0.3, 0.4) is 0 Å². The van der Waals surface area contributed by atoms with Crippen LogP contribution < -0.4 is 16.4 Å². The first-order chi connectivity index (χ1) is 12.4. The number of nitrogens with one attached hydrogen (secondary N) is 2. The summed E-state index contributed by atoms with van der Waals surface area (Å²) in [5.41, 5.74) is 7.93. The zero-order valence-corrected chi connectivity index (χ0v) is 16.9. The Kier molecular flexibility index (Phi) is 9.12. The van der Waals surface area contributed by atoms with E-state index in [0.717, 1.165) is 5.56 Å². The lowest BCUT2D eigenvalue weighted by Gasteiger charge is -2.22. The van der Waals surface area contributed by atoms with Crippen LogP contribution in [0.4, 0.5) is 5.69 Å². The van der Waals surface area contributed by atoms with Gasteiger partial charge in [-0.3, -0.25) is 9.59 Å². The molecule has 0 bridgehead atoms. The minimum absolute atomic E-state index is 0. The molecule has 0 fully saturated rings.